The van der Waals surface area contributed by atoms with Crippen LogP contribution in [0.15, 0.2) is 60.7 Å². The second-order valence-corrected chi connectivity index (χ2v) is 5.66. The number of carbonyl (C=O) groups excluding carboxylic acids is 1. The lowest BCUT2D eigenvalue weighted by molar-refractivity contribution is -0.131. The number of benzene rings is 2. The molecule has 23 heavy (non-hydrogen) atoms. The first-order valence-corrected chi connectivity index (χ1v) is 7.84. The molecule has 0 fully saturated rings. The molecule has 0 aliphatic carbocycles. The van der Waals surface area contributed by atoms with E-state index >= 15 is 0 Å². The Balaban J connectivity index is 1.91. The third-order valence-electron chi connectivity index (χ3n) is 3.71. The molecule has 0 atom stereocenters. The van der Waals surface area contributed by atoms with E-state index in [4.69, 9.17) is 0 Å². The first kappa shape index (κ1) is 17.2. The van der Waals surface area contributed by atoms with E-state index in [1.54, 1.807) is 4.90 Å². The molecule has 0 aliphatic rings. The van der Waals surface area contributed by atoms with Crippen LogP contribution in [0, 0.1) is 0 Å². The summed E-state index contributed by atoms with van der Waals surface area (Å²) in [5, 5.41) is 9.23. The Morgan fingerprint density at radius 1 is 0.913 bits per heavy atom. The van der Waals surface area contributed by atoms with E-state index in [1.165, 1.54) is 0 Å². The van der Waals surface area contributed by atoms with Crippen LogP contribution >= 0.6 is 0 Å². The van der Waals surface area contributed by atoms with Crippen molar-refractivity contribution in [3.63, 3.8) is 0 Å². The molecule has 4 heteroatoms. The molecule has 0 bridgehead atoms. The predicted octanol–water partition coefficient (Wildman–Crippen LogP) is 2.14. The van der Waals surface area contributed by atoms with Crippen molar-refractivity contribution < 1.29 is 9.90 Å². The van der Waals surface area contributed by atoms with E-state index in [0.29, 0.717) is 26.2 Å². The molecule has 0 radical (unpaired) electrons. The standard InChI is InChI=1S/C19H24N2O2/c1-20(14-17-8-4-2-5-9-17)19(23)16-21(12-13-22)15-18-10-6-3-7-11-18/h2-11,22H,12-16H2,1H3. The van der Waals surface area contributed by atoms with Crippen molar-refractivity contribution in [2.45, 2.75) is 13.1 Å². The summed E-state index contributed by atoms with van der Waals surface area (Å²) in [7, 11) is 1.81. The van der Waals surface area contributed by atoms with Crippen LogP contribution in [0.5, 0.6) is 0 Å². The highest BCUT2D eigenvalue weighted by molar-refractivity contribution is 5.78. The fraction of sp³-hybridized carbons (Fsp3) is 0.316. The van der Waals surface area contributed by atoms with Crippen LogP contribution in [0.2, 0.25) is 0 Å². The molecule has 122 valence electrons. The lowest BCUT2D eigenvalue weighted by Gasteiger charge is -2.24. The summed E-state index contributed by atoms with van der Waals surface area (Å²) in [6, 6.07) is 19.9. The van der Waals surface area contributed by atoms with Crippen LogP contribution in [0.3, 0.4) is 0 Å². The van der Waals surface area contributed by atoms with E-state index in [0.717, 1.165) is 11.1 Å². The summed E-state index contributed by atoms with van der Waals surface area (Å²) in [6.07, 6.45) is 0. The topological polar surface area (TPSA) is 43.8 Å². The Kier molecular flexibility index (Phi) is 6.78. The van der Waals surface area contributed by atoms with Crippen LogP contribution in [0.1, 0.15) is 11.1 Å². The van der Waals surface area contributed by atoms with Gasteiger partial charge in [-0.1, -0.05) is 60.7 Å². The van der Waals surface area contributed by atoms with Crippen LogP contribution in [0.25, 0.3) is 0 Å². The fourth-order valence-corrected chi connectivity index (χ4v) is 2.45. The Hall–Kier alpha value is -2.17. The number of nitrogens with zero attached hydrogens (tertiary/aromatic N) is 2. The maximum atomic E-state index is 12.4. The molecule has 0 spiro atoms. The average molecular weight is 312 g/mol. The quantitative estimate of drug-likeness (QED) is 0.812. The van der Waals surface area contributed by atoms with Crippen LogP contribution in [0.4, 0.5) is 0 Å². The summed E-state index contributed by atoms with van der Waals surface area (Å²) in [5.74, 6) is 0.0539. The molecule has 0 aliphatic heterocycles. The number of aliphatic hydroxyl groups is 1. The number of likely N-dealkylation sites (N-methyl/N-ethyl adjacent to an activating group) is 1. The van der Waals surface area contributed by atoms with Gasteiger partial charge in [-0.3, -0.25) is 9.69 Å². The first-order valence-electron chi connectivity index (χ1n) is 7.84. The lowest BCUT2D eigenvalue weighted by Crippen LogP contribution is -2.39. The summed E-state index contributed by atoms with van der Waals surface area (Å²) < 4.78 is 0. The maximum absolute atomic E-state index is 12.4. The van der Waals surface area contributed by atoms with Crippen molar-refractivity contribution in [3.05, 3.63) is 71.8 Å². The SMILES string of the molecule is CN(Cc1ccccc1)C(=O)CN(CCO)Cc1ccccc1. The first-order chi connectivity index (χ1) is 11.2. The van der Waals surface area contributed by atoms with Gasteiger partial charge in [-0.15, -0.1) is 0 Å². The molecule has 2 aromatic rings. The van der Waals surface area contributed by atoms with E-state index in [-0.39, 0.29) is 12.5 Å². The zero-order chi connectivity index (χ0) is 16.5. The second kappa shape index (κ2) is 9.08. The van der Waals surface area contributed by atoms with Gasteiger partial charge >= 0.3 is 0 Å². The van der Waals surface area contributed by atoms with Gasteiger partial charge in [0, 0.05) is 26.7 Å². The van der Waals surface area contributed by atoms with E-state index in [2.05, 4.69) is 0 Å². The van der Waals surface area contributed by atoms with Gasteiger partial charge in [-0.25, -0.2) is 0 Å². The molecule has 1 amide bonds. The van der Waals surface area contributed by atoms with Crippen LogP contribution in [-0.2, 0) is 17.9 Å². The molecule has 1 N–H and O–H groups in total. The second-order valence-electron chi connectivity index (χ2n) is 5.66. The largest absolute Gasteiger partial charge is 0.395 e. The van der Waals surface area contributed by atoms with Gasteiger partial charge < -0.3 is 10.0 Å². The average Bonchev–Trinajstić information content (AvgIpc) is 2.57. The van der Waals surface area contributed by atoms with E-state index in [1.807, 2.05) is 72.6 Å². The smallest absolute Gasteiger partial charge is 0.236 e. The number of rotatable bonds is 8. The Morgan fingerprint density at radius 2 is 1.43 bits per heavy atom. The van der Waals surface area contributed by atoms with Gasteiger partial charge in [0.15, 0.2) is 0 Å². The summed E-state index contributed by atoms with van der Waals surface area (Å²) in [4.78, 5) is 16.1. The van der Waals surface area contributed by atoms with Gasteiger partial charge in [0.2, 0.25) is 5.91 Å². The molecule has 0 saturated heterocycles. The van der Waals surface area contributed by atoms with Crippen molar-refractivity contribution in [2.24, 2.45) is 0 Å². The molecule has 0 aromatic heterocycles. The molecular weight excluding hydrogens is 288 g/mol. The minimum absolute atomic E-state index is 0.0442. The van der Waals surface area contributed by atoms with Crippen molar-refractivity contribution in [2.75, 3.05) is 26.7 Å². The Labute approximate surface area is 138 Å². The van der Waals surface area contributed by atoms with Gasteiger partial charge in [0.25, 0.3) is 0 Å². The monoisotopic (exact) mass is 312 g/mol. The molecular formula is C19H24N2O2. The lowest BCUT2D eigenvalue weighted by atomic mass is 10.2. The number of hydrogen-bond acceptors (Lipinski definition) is 3. The third-order valence-corrected chi connectivity index (χ3v) is 3.71. The summed E-state index contributed by atoms with van der Waals surface area (Å²) >= 11 is 0. The molecule has 0 unspecified atom stereocenters. The highest BCUT2D eigenvalue weighted by atomic mass is 16.3. The zero-order valence-corrected chi connectivity index (χ0v) is 13.6. The van der Waals surface area contributed by atoms with Crippen molar-refractivity contribution in [1.29, 1.82) is 0 Å². The Morgan fingerprint density at radius 3 is 1.96 bits per heavy atom. The third kappa shape index (κ3) is 5.85. The molecule has 0 saturated carbocycles. The molecule has 4 nitrogen and oxygen atoms in total. The van der Waals surface area contributed by atoms with Gasteiger partial charge in [-0.2, -0.15) is 0 Å². The molecule has 0 heterocycles. The number of amides is 1. The normalized spacial score (nSPS) is 10.7. The number of hydrogen-bond donors (Lipinski definition) is 1. The van der Waals surface area contributed by atoms with Gasteiger partial charge in [0.05, 0.1) is 13.2 Å². The zero-order valence-electron chi connectivity index (χ0n) is 13.6. The highest BCUT2D eigenvalue weighted by Gasteiger charge is 2.15. The fourth-order valence-electron chi connectivity index (χ4n) is 2.45. The van der Waals surface area contributed by atoms with Crippen LogP contribution < -0.4 is 0 Å². The van der Waals surface area contributed by atoms with E-state index < -0.39 is 0 Å². The van der Waals surface area contributed by atoms with Crippen molar-refractivity contribution >= 4 is 5.91 Å². The minimum Gasteiger partial charge on any atom is -0.395 e. The summed E-state index contributed by atoms with van der Waals surface area (Å²) in [5.41, 5.74) is 2.25. The minimum atomic E-state index is 0.0442. The molecule has 2 aromatic carbocycles. The maximum Gasteiger partial charge on any atom is 0.236 e. The van der Waals surface area contributed by atoms with Crippen molar-refractivity contribution in [1.82, 2.24) is 9.80 Å². The number of carbonyl (C=O) groups is 1. The molecule has 2 rings (SSSR count). The highest BCUT2D eigenvalue weighted by Crippen LogP contribution is 2.07. The number of aliphatic hydroxyl groups excluding tert-OH is 1. The van der Waals surface area contributed by atoms with Gasteiger partial charge in [-0.05, 0) is 11.1 Å². The summed E-state index contributed by atoms with van der Waals surface area (Å²) in [6.45, 7) is 2.09. The predicted molar refractivity (Wildman–Crippen MR) is 91.7 cm³/mol. The Bertz CT molecular complexity index is 587. The van der Waals surface area contributed by atoms with Crippen molar-refractivity contribution in [3.8, 4) is 0 Å². The van der Waals surface area contributed by atoms with Gasteiger partial charge in [0.1, 0.15) is 0 Å². The van der Waals surface area contributed by atoms with E-state index in [9.17, 15) is 9.90 Å². The van der Waals surface area contributed by atoms with Crippen LogP contribution in [-0.4, -0.2) is 47.6 Å².